The van der Waals surface area contributed by atoms with Crippen molar-refractivity contribution in [1.82, 2.24) is 4.98 Å². The Bertz CT molecular complexity index is 385. The summed E-state index contributed by atoms with van der Waals surface area (Å²) >= 11 is 1.82. The van der Waals surface area contributed by atoms with Crippen LogP contribution in [0.1, 0.15) is 5.69 Å². The van der Waals surface area contributed by atoms with Crippen LogP contribution in [0.4, 0.5) is 5.69 Å². The highest BCUT2D eigenvalue weighted by Gasteiger charge is 2.12. The third kappa shape index (κ3) is 1.33. The van der Waals surface area contributed by atoms with Crippen LogP contribution in [-0.2, 0) is 0 Å². The number of halogens is 1. The zero-order valence-electron chi connectivity index (χ0n) is 6.09. The molecule has 0 aliphatic carbocycles. The van der Waals surface area contributed by atoms with Gasteiger partial charge in [-0.3, -0.25) is 4.79 Å². The van der Waals surface area contributed by atoms with E-state index in [1.165, 1.54) is 0 Å². The average molecular weight is 280 g/mol. The first-order valence-corrected chi connectivity index (χ1v) is 4.10. The third-order valence-electron chi connectivity index (χ3n) is 1.37. The van der Waals surface area contributed by atoms with Gasteiger partial charge in [0.1, 0.15) is 0 Å². The van der Waals surface area contributed by atoms with E-state index in [4.69, 9.17) is 0 Å². The van der Waals surface area contributed by atoms with Crippen LogP contribution in [0.25, 0.3) is 0 Å². The van der Waals surface area contributed by atoms with Gasteiger partial charge in [0.05, 0.1) is 3.57 Å². The fraction of sp³-hybridized carbons (Fsp3) is 0.167. The predicted octanol–water partition coefficient (Wildman–Crippen LogP) is 1.39. The van der Waals surface area contributed by atoms with E-state index in [1.807, 2.05) is 22.6 Å². The largest absolute Gasteiger partial charge is 0.504 e. The second-order valence-corrected chi connectivity index (χ2v) is 3.26. The SMILES string of the molecule is Cc1[nH]c(=O)c(N=O)c(O)c1I. The zero-order chi connectivity index (χ0) is 9.30. The Morgan fingerprint density at radius 2 is 2.17 bits per heavy atom. The van der Waals surface area contributed by atoms with Gasteiger partial charge in [-0.05, 0) is 34.7 Å². The molecule has 0 aliphatic rings. The Balaban J connectivity index is 3.62. The fourth-order valence-electron chi connectivity index (χ4n) is 0.758. The number of aromatic nitrogens is 1. The molecular formula is C6H5IN2O3. The normalized spacial score (nSPS) is 9.83. The molecule has 0 saturated heterocycles. The molecule has 0 atom stereocenters. The number of aromatic hydroxyl groups is 1. The van der Waals surface area contributed by atoms with E-state index >= 15 is 0 Å². The minimum Gasteiger partial charge on any atom is -0.504 e. The first kappa shape index (κ1) is 9.17. The molecule has 0 aliphatic heterocycles. The minimum atomic E-state index is -0.666. The summed E-state index contributed by atoms with van der Waals surface area (Å²) in [5.74, 6) is -0.355. The van der Waals surface area contributed by atoms with E-state index in [0.717, 1.165) is 0 Å². The van der Waals surface area contributed by atoms with Crippen LogP contribution in [-0.4, -0.2) is 10.1 Å². The Hall–Kier alpha value is -0.920. The summed E-state index contributed by atoms with van der Waals surface area (Å²) < 4.78 is 0.432. The number of H-pyrrole nitrogens is 1. The standard InChI is InChI=1S/C6H5IN2O3/c1-2-3(7)5(10)4(9-12)6(11)8-2/h1H3,(H2,8,10,11). The van der Waals surface area contributed by atoms with Gasteiger partial charge in [0.15, 0.2) is 5.75 Å². The van der Waals surface area contributed by atoms with Crippen molar-refractivity contribution in [2.75, 3.05) is 0 Å². The van der Waals surface area contributed by atoms with Crippen LogP contribution in [0.2, 0.25) is 0 Å². The molecule has 1 rings (SSSR count). The molecule has 0 radical (unpaired) electrons. The van der Waals surface area contributed by atoms with Crippen LogP contribution >= 0.6 is 22.6 Å². The molecule has 1 aromatic heterocycles. The molecule has 0 amide bonds. The first-order valence-electron chi connectivity index (χ1n) is 3.02. The summed E-state index contributed by atoms with van der Waals surface area (Å²) in [5.41, 5.74) is -0.615. The number of aryl methyl sites for hydroxylation is 1. The van der Waals surface area contributed by atoms with Gasteiger partial charge in [0.2, 0.25) is 5.69 Å². The summed E-state index contributed by atoms with van der Waals surface area (Å²) in [7, 11) is 0. The van der Waals surface area contributed by atoms with Crippen LogP contribution in [0.3, 0.4) is 0 Å². The number of nitrogens with zero attached hydrogens (tertiary/aromatic N) is 1. The van der Waals surface area contributed by atoms with E-state index in [0.29, 0.717) is 9.26 Å². The molecule has 1 heterocycles. The number of hydrogen-bond donors (Lipinski definition) is 2. The summed E-state index contributed by atoms with van der Waals surface area (Å²) in [6, 6.07) is 0. The van der Waals surface area contributed by atoms with Gasteiger partial charge in [-0.25, -0.2) is 0 Å². The lowest BCUT2D eigenvalue weighted by Gasteiger charge is -2.00. The topological polar surface area (TPSA) is 82.5 Å². The Labute approximate surface area is 80.9 Å². The highest BCUT2D eigenvalue weighted by molar-refractivity contribution is 14.1. The fourth-order valence-corrected chi connectivity index (χ4v) is 1.15. The van der Waals surface area contributed by atoms with Crippen LogP contribution < -0.4 is 5.56 Å². The second-order valence-electron chi connectivity index (χ2n) is 2.18. The molecule has 0 aromatic carbocycles. The molecule has 5 nitrogen and oxygen atoms in total. The second kappa shape index (κ2) is 3.21. The molecule has 0 fully saturated rings. The Morgan fingerprint density at radius 1 is 1.58 bits per heavy atom. The smallest absolute Gasteiger partial charge is 0.281 e. The molecule has 0 saturated carbocycles. The number of aromatic amines is 1. The molecule has 0 unspecified atom stereocenters. The summed E-state index contributed by atoms with van der Waals surface area (Å²) in [6.45, 7) is 1.62. The van der Waals surface area contributed by atoms with Gasteiger partial charge in [0, 0.05) is 5.69 Å². The number of hydrogen-bond acceptors (Lipinski definition) is 4. The van der Waals surface area contributed by atoms with Gasteiger partial charge in [-0.1, -0.05) is 0 Å². The van der Waals surface area contributed by atoms with Crippen LogP contribution in [0, 0.1) is 15.4 Å². The molecule has 64 valence electrons. The van der Waals surface area contributed by atoms with Crippen LogP contribution in [0.15, 0.2) is 9.97 Å². The van der Waals surface area contributed by atoms with E-state index in [2.05, 4.69) is 10.2 Å². The summed E-state index contributed by atoms with van der Waals surface area (Å²) in [5, 5.41) is 11.7. The lowest BCUT2D eigenvalue weighted by atomic mass is 10.3. The average Bonchev–Trinajstić information content (AvgIpc) is 2.01. The van der Waals surface area contributed by atoms with Crippen molar-refractivity contribution in [3.63, 3.8) is 0 Å². The van der Waals surface area contributed by atoms with Crippen molar-refractivity contribution in [1.29, 1.82) is 0 Å². The predicted molar refractivity (Wildman–Crippen MR) is 51.6 cm³/mol. The van der Waals surface area contributed by atoms with E-state index in [9.17, 15) is 14.8 Å². The van der Waals surface area contributed by atoms with Gasteiger partial charge >= 0.3 is 0 Å². The number of nitrogens with one attached hydrogen (secondary N) is 1. The molecular weight excluding hydrogens is 275 g/mol. The zero-order valence-corrected chi connectivity index (χ0v) is 8.25. The van der Waals surface area contributed by atoms with Crippen LogP contribution in [0.5, 0.6) is 5.75 Å². The highest BCUT2D eigenvalue weighted by atomic mass is 127. The van der Waals surface area contributed by atoms with Gasteiger partial charge in [0.25, 0.3) is 5.56 Å². The van der Waals surface area contributed by atoms with Crippen molar-refractivity contribution in [2.24, 2.45) is 5.18 Å². The van der Waals surface area contributed by atoms with E-state index < -0.39 is 11.2 Å². The molecule has 2 N–H and O–H groups in total. The van der Waals surface area contributed by atoms with Crippen molar-refractivity contribution in [3.05, 3.63) is 24.5 Å². The summed E-state index contributed by atoms with van der Waals surface area (Å²) in [4.78, 5) is 23.4. The van der Waals surface area contributed by atoms with Gasteiger partial charge in [-0.2, -0.15) is 0 Å². The van der Waals surface area contributed by atoms with Crippen molar-refractivity contribution < 1.29 is 5.11 Å². The molecule has 6 heteroatoms. The lowest BCUT2D eigenvalue weighted by molar-refractivity contribution is 0.470. The Morgan fingerprint density at radius 3 is 2.67 bits per heavy atom. The maximum atomic E-state index is 10.9. The quantitative estimate of drug-likeness (QED) is 0.602. The number of pyridine rings is 1. The minimum absolute atomic E-state index is 0.355. The maximum Gasteiger partial charge on any atom is 0.281 e. The molecule has 12 heavy (non-hydrogen) atoms. The molecule has 0 bridgehead atoms. The van der Waals surface area contributed by atoms with Crippen molar-refractivity contribution >= 4 is 28.3 Å². The van der Waals surface area contributed by atoms with Crippen molar-refractivity contribution in [3.8, 4) is 5.75 Å². The third-order valence-corrected chi connectivity index (χ3v) is 2.69. The monoisotopic (exact) mass is 280 g/mol. The maximum absolute atomic E-state index is 10.9. The van der Waals surface area contributed by atoms with E-state index in [-0.39, 0.29) is 5.75 Å². The molecule has 0 spiro atoms. The van der Waals surface area contributed by atoms with Gasteiger partial charge < -0.3 is 10.1 Å². The number of rotatable bonds is 1. The summed E-state index contributed by atoms with van der Waals surface area (Å²) in [6.07, 6.45) is 0. The van der Waals surface area contributed by atoms with Crippen molar-refractivity contribution in [2.45, 2.75) is 6.92 Å². The Kier molecular flexibility index (Phi) is 2.46. The highest BCUT2D eigenvalue weighted by Crippen LogP contribution is 2.28. The van der Waals surface area contributed by atoms with E-state index in [1.54, 1.807) is 6.92 Å². The van der Waals surface area contributed by atoms with Gasteiger partial charge in [-0.15, -0.1) is 4.91 Å². The number of nitroso groups, excluding NO2 is 1. The lowest BCUT2D eigenvalue weighted by Crippen LogP contribution is -2.08. The first-order chi connectivity index (χ1) is 5.57. The molecule has 1 aromatic rings.